The van der Waals surface area contributed by atoms with Gasteiger partial charge in [-0.3, -0.25) is 0 Å². The fourth-order valence-corrected chi connectivity index (χ4v) is 4.07. The summed E-state index contributed by atoms with van der Waals surface area (Å²) in [6.07, 6.45) is 0. The number of quaternary nitrogens is 1. The van der Waals surface area contributed by atoms with Gasteiger partial charge in [-0.2, -0.15) is 0 Å². The molecule has 0 spiro atoms. The molecule has 0 heterocycles. The number of halogens is 1. The molecule has 0 bridgehead atoms. The van der Waals surface area contributed by atoms with Crippen LogP contribution in [0.1, 0.15) is 10.8 Å². The Morgan fingerprint density at radius 1 is 1.05 bits per heavy atom. The molecule has 22 heavy (non-hydrogen) atoms. The topological polar surface area (TPSA) is 65.0 Å². The summed E-state index contributed by atoms with van der Waals surface area (Å²) in [5, 5.41) is -0.148. The molecule has 3 N–H and O–H groups in total. The normalized spacial score (nSPS) is 12.9. The fraction of sp³-hybridized carbons (Fsp3) is 0.250. The number of hydrogen-bond donors (Lipinski definition) is 1. The van der Waals surface area contributed by atoms with Crippen LogP contribution in [0.25, 0.3) is 0 Å². The average Bonchev–Trinajstić information content (AvgIpc) is 2.48. The molecule has 2 aromatic carbocycles. The van der Waals surface area contributed by atoms with Crippen LogP contribution in [0, 0.1) is 0 Å². The monoisotopic (exact) mass is 339 g/mol. The van der Waals surface area contributed by atoms with Gasteiger partial charge in [-0.1, -0.05) is 23.7 Å². The maximum absolute atomic E-state index is 12.8. The van der Waals surface area contributed by atoms with Crippen molar-refractivity contribution < 1.29 is 14.2 Å². The molecule has 118 valence electrons. The lowest BCUT2D eigenvalue weighted by Gasteiger charge is -2.17. The summed E-state index contributed by atoms with van der Waals surface area (Å²) in [6, 6.07) is 13.8. The Bertz CT molecular complexity index is 726. The Morgan fingerprint density at radius 3 is 2.05 bits per heavy atom. The predicted octanol–water partition coefficient (Wildman–Crippen LogP) is 2.16. The Labute approximate surface area is 136 Å². The number of benzene rings is 2. The van der Waals surface area contributed by atoms with Crippen molar-refractivity contribution in [3.05, 3.63) is 59.1 Å². The van der Waals surface area contributed by atoms with Gasteiger partial charge in [0.15, 0.2) is 9.84 Å². The standard InChI is InChI=1S/C16H19ClN2O2S/c1-19(2)14-7-3-12(4-8-14)16(11-18)22(20,21)15-9-5-13(17)6-10-15/h3-10,16H,11,18H2,1-2H3/p+1/t16-/m0/s1. The van der Waals surface area contributed by atoms with Gasteiger partial charge in [-0.25, -0.2) is 8.42 Å². The van der Waals surface area contributed by atoms with Crippen molar-refractivity contribution >= 4 is 27.1 Å². The van der Waals surface area contributed by atoms with Crippen LogP contribution in [-0.2, 0) is 9.84 Å². The number of nitrogens with zero attached hydrogens (tertiary/aromatic N) is 1. The van der Waals surface area contributed by atoms with Crippen LogP contribution in [0.15, 0.2) is 53.4 Å². The van der Waals surface area contributed by atoms with Crippen LogP contribution in [0.2, 0.25) is 5.02 Å². The van der Waals surface area contributed by atoms with Crippen LogP contribution < -0.4 is 10.6 Å². The second-order valence-corrected chi connectivity index (χ2v) is 7.83. The number of sulfone groups is 1. The molecule has 4 nitrogen and oxygen atoms in total. The Balaban J connectivity index is 2.40. The van der Waals surface area contributed by atoms with Gasteiger partial charge in [-0.15, -0.1) is 0 Å². The SMILES string of the molecule is CN(C)c1ccc([C@H](C[NH3+])S(=O)(=O)c2ccc(Cl)cc2)cc1. The van der Waals surface area contributed by atoms with E-state index >= 15 is 0 Å². The van der Waals surface area contributed by atoms with Gasteiger partial charge in [0, 0.05) is 24.8 Å². The first-order valence-corrected chi connectivity index (χ1v) is 8.84. The van der Waals surface area contributed by atoms with Crippen molar-refractivity contribution in [2.24, 2.45) is 0 Å². The van der Waals surface area contributed by atoms with E-state index in [9.17, 15) is 8.42 Å². The van der Waals surface area contributed by atoms with E-state index in [1.54, 1.807) is 12.1 Å². The maximum Gasteiger partial charge on any atom is 0.190 e. The molecule has 0 saturated carbocycles. The Morgan fingerprint density at radius 2 is 1.59 bits per heavy atom. The smallest absolute Gasteiger partial charge is 0.190 e. The fourth-order valence-electron chi connectivity index (χ4n) is 2.28. The van der Waals surface area contributed by atoms with E-state index in [4.69, 9.17) is 11.6 Å². The minimum absolute atomic E-state index is 0.266. The molecule has 2 aromatic rings. The summed E-state index contributed by atoms with van der Waals surface area (Å²) < 4.78 is 25.6. The second kappa shape index (κ2) is 6.69. The first-order chi connectivity index (χ1) is 10.4. The average molecular weight is 340 g/mol. The van der Waals surface area contributed by atoms with E-state index in [2.05, 4.69) is 5.73 Å². The van der Waals surface area contributed by atoms with Crippen LogP contribution in [0.4, 0.5) is 5.69 Å². The van der Waals surface area contributed by atoms with Gasteiger partial charge in [0.05, 0.1) is 11.4 Å². The lowest BCUT2D eigenvalue weighted by Crippen LogP contribution is -2.54. The Hall–Kier alpha value is -1.56. The van der Waals surface area contributed by atoms with E-state index < -0.39 is 15.1 Å². The third-order valence-electron chi connectivity index (χ3n) is 3.56. The molecular weight excluding hydrogens is 320 g/mol. The van der Waals surface area contributed by atoms with Crippen LogP contribution in [0.5, 0.6) is 0 Å². The van der Waals surface area contributed by atoms with Crippen molar-refractivity contribution in [1.82, 2.24) is 0 Å². The highest BCUT2D eigenvalue weighted by Gasteiger charge is 2.29. The first-order valence-electron chi connectivity index (χ1n) is 6.92. The summed E-state index contributed by atoms with van der Waals surface area (Å²) >= 11 is 5.83. The molecule has 0 saturated heterocycles. The zero-order valence-electron chi connectivity index (χ0n) is 12.7. The van der Waals surface area contributed by atoms with Crippen LogP contribution >= 0.6 is 11.6 Å². The highest BCUT2D eigenvalue weighted by molar-refractivity contribution is 7.91. The van der Waals surface area contributed by atoms with Gasteiger partial charge in [0.1, 0.15) is 5.25 Å². The van der Waals surface area contributed by atoms with Crippen molar-refractivity contribution in [1.29, 1.82) is 0 Å². The van der Waals surface area contributed by atoms with Crippen molar-refractivity contribution in [2.75, 3.05) is 25.5 Å². The number of rotatable bonds is 5. The molecule has 0 amide bonds. The van der Waals surface area contributed by atoms with E-state index in [0.717, 1.165) is 11.3 Å². The second-order valence-electron chi connectivity index (χ2n) is 5.26. The summed E-state index contributed by atoms with van der Waals surface area (Å²) in [5.41, 5.74) is 5.58. The quantitative estimate of drug-likeness (QED) is 0.907. The van der Waals surface area contributed by atoms with Crippen LogP contribution in [-0.4, -0.2) is 29.1 Å². The number of hydrogen-bond acceptors (Lipinski definition) is 3. The highest BCUT2D eigenvalue weighted by Crippen LogP contribution is 2.29. The molecule has 0 fully saturated rings. The molecule has 1 atom stereocenters. The largest absolute Gasteiger partial charge is 0.378 e. The van der Waals surface area contributed by atoms with E-state index in [1.807, 2.05) is 43.3 Å². The molecule has 0 aliphatic carbocycles. The van der Waals surface area contributed by atoms with Crippen LogP contribution in [0.3, 0.4) is 0 Å². The number of anilines is 1. The lowest BCUT2D eigenvalue weighted by molar-refractivity contribution is -0.367. The summed E-state index contributed by atoms with van der Waals surface area (Å²) in [5.74, 6) is 0. The molecule has 6 heteroatoms. The summed E-state index contributed by atoms with van der Waals surface area (Å²) in [7, 11) is 0.397. The molecule has 0 unspecified atom stereocenters. The molecule has 0 aromatic heterocycles. The minimum atomic E-state index is -3.49. The Kier molecular flexibility index (Phi) is 5.11. The van der Waals surface area contributed by atoms with Crippen molar-refractivity contribution in [3.8, 4) is 0 Å². The summed E-state index contributed by atoms with van der Waals surface area (Å²) in [6.45, 7) is 0.270. The molecule has 0 radical (unpaired) electrons. The zero-order chi connectivity index (χ0) is 16.3. The van der Waals surface area contributed by atoms with Crippen molar-refractivity contribution in [2.45, 2.75) is 10.1 Å². The summed E-state index contributed by atoms with van der Waals surface area (Å²) in [4.78, 5) is 2.23. The third-order valence-corrected chi connectivity index (χ3v) is 6.00. The van der Waals surface area contributed by atoms with Gasteiger partial charge >= 0.3 is 0 Å². The zero-order valence-corrected chi connectivity index (χ0v) is 14.2. The first kappa shape index (κ1) is 16.8. The van der Waals surface area contributed by atoms with Gasteiger partial charge in [0.25, 0.3) is 0 Å². The molecule has 0 aliphatic rings. The van der Waals surface area contributed by atoms with Gasteiger partial charge < -0.3 is 10.6 Å². The molecule has 0 aliphatic heterocycles. The molecular formula is C16H20ClN2O2S+. The third kappa shape index (κ3) is 3.43. The van der Waals surface area contributed by atoms with Crippen molar-refractivity contribution in [3.63, 3.8) is 0 Å². The van der Waals surface area contributed by atoms with Gasteiger partial charge in [0.2, 0.25) is 0 Å². The minimum Gasteiger partial charge on any atom is -0.378 e. The predicted molar refractivity (Wildman–Crippen MR) is 89.9 cm³/mol. The molecule has 2 rings (SSSR count). The lowest BCUT2D eigenvalue weighted by atomic mass is 10.1. The maximum atomic E-state index is 12.8. The van der Waals surface area contributed by atoms with E-state index in [-0.39, 0.29) is 11.4 Å². The van der Waals surface area contributed by atoms with E-state index in [1.165, 1.54) is 12.1 Å². The van der Waals surface area contributed by atoms with Gasteiger partial charge in [-0.05, 0) is 42.0 Å². The van der Waals surface area contributed by atoms with E-state index in [0.29, 0.717) is 5.02 Å². The highest BCUT2D eigenvalue weighted by atomic mass is 35.5.